The zero-order valence-electron chi connectivity index (χ0n) is 15.2. The fourth-order valence-electron chi connectivity index (χ4n) is 2.19. The van der Waals surface area contributed by atoms with E-state index in [1.54, 1.807) is 18.1 Å². The van der Waals surface area contributed by atoms with Crippen LogP contribution in [0.25, 0.3) is 0 Å². The summed E-state index contributed by atoms with van der Waals surface area (Å²) in [6.07, 6.45) is 6.94. The summed E-state index contributed by atoms with van der Waals surface area (Å²) in [5, 5.41) is 3.36. The lowest BCUT2D eigenvalue weighted by atomic mass is 10.4. The van der Waals surface area contributed by atoms with E-state index in [1.807, 2.05) is 6.92 Å². The van der Waals surface area contributed by atoms with Crippen LogP contribution in [-0.4, -0.2) is 48.8 Å². The molecule has 0 aliphatic carbocycles. The molecule has 0 bridgehead atoms. The molecule has 0 saturated heterocycles. The zero-order chi connectivity index (χ0) is 20.6. The van der Waals surface area contributed by atoms with Crippen molar-refractivity contribution in [2.24, 2.45) is 4.99 Å². The summed E-state index contributed by atoms with van der Waals surface area (Å²) in [5.74, 6) is 3.93. The van der Waals surface area contributed by atoms with Crippen molar-refractivity contribution >= 4 is 50.6 Å². The predicted octanol–water partition coefficient (Wildman–Crippen LogP) is 3.35. The number of sulfone groups is 1. The minimum atomic E-state index is -3.64. The van der Waals surface area contributed by atoms with Gasteiger partial charge in [0.05, 0.1) is 40.1 Å². The largest absolute Gasteiger partial charge is 0.362 e. The summed E-state index contributed by atoms with van der Waals surface area (Å²) in [5.41, 5.74) is 2.04. The fraction of sp³-hybridized carbons (Fsp3) is 0.333. The Hall–Kier alpha value is -1.66. The Morgan fingerprint density at radius 2 is 2.18 bits per heavy atom. The third-order valence-electron chi connectivity index (χ3n) is 3.68. The summed E-state index contributed by atoms with van der Waals surface area (Å²) in [4.78, 5) is 11.7. The number of aliphatic imine (C=N–C) groups is 1. The molecule has 0 radical (unpaired) electrons. The van der Waals surface area contributed by atoms with Crippen LogP contribution in [0.1, 0.15) is 11.4 Å². The van der Waals surface area contributed by atoms with Crippen LogP contribution in [0.5, 0.6) is 0 Å². The molecule has 10 heteroatoms. The second-order valence-electron chi connectivity index (χ2n) is 5.75. The first-order valence-corrected chi connectivity index (χ1v) is 11.8. The van der Waals surface area contributed by atoms with Gasteiger partial charge in [0.2, 0.25) is 0 Å². The summed E-state index contributed by atoms with van der Waals surface area (Å²) < 4.78 is 25.3. The average molecular weight is 459 g/mol. The van der Waals surface area contributed by atoms with E-state index in [4.69, 9.17) is 29.6 Å². The van der Waals surface area contributed by atoms with Gasteiger partial charge in [-0.3, -0.25) is 4.99 Å². The van der Waals surface area contributed by atoms with Crippen LogP contribution in [0.2, 0.25) is 10.0 Å². The van der Waals surface area contributed by atoms with Gasteiger partial charge in [0.25, 0.3) is 0 Å². The molecule has 150 valence electrons. The topological polar surface area (TPSA) is 87.2 Å². The van der Waals surface area contributed by atoms with Crippen LogP contribution in [0.4, 0.5) is 0 Å². The van der Waals surface area contributed by atoms with E-state index in [2.05, 4.69) is 26.2 Å². The maximum Gasteiger partial charge on any atom is 0.185 e. The number of halogens is 2. The van der Waals surface area contributed by atoms with Gasteiger partial charge in [0.15, 0.2) is 9.84 Å². The molecule has 0 saturated carbocycles. The first-order chi connectivity index (χ1) is 13.3. The lowest BCUT2D eigenvalue weighted by Crippen LogP contribution is -2.31. The minimum Gasteiger partial charge on any atom is -0.362 e. The maximum atomic E-state index is 12.7. The smallest absolute Gasteiger partial charge is 0.185 e. The number of aryl methyl sites for hydroxylation is 1. The second-order valence-corrected chi connectivity index (χ2v) is 9.66. The van der Waals surface area contributed by atoms with Crippen LogP contribution in [0.15, 0.2) is 34.4 Å². The molecule has 0 aliphatic rings. The SMILES string of the molecule is C#CCNC(CS(=O)(=O)c1ccc(Cl)c(Cl)c1)=NCCSCc1nc[nH]c1C. The van der Waals surface area contributed by atoms with E-state index in [-0.39, 0.29) is 22.2 Å². The van der Waals surface area contributed by atoms with Gasteiger partial charge in [-0.15, -0.1) is 6.42 Å². The number of amidine groups is 1. The van der Waals surface area contributed by atoms with Gasteiger partial charge in [0, 0.05) is 17.2 Å². The Morgan fingerprint density at radius 3 is 2.82 bits per heavy atom. The highest BCUT2D eigenvalue weighted by Gasteiger charge is 2.19. The molecule has 1 heterocycles. The van der Waals surface area contributed by atoms with Gasteiger partial charge in [-0.25, -0.2) is 13.4 Å². The number of terminal acetylenes is 1. The summed E-state index contributed by atoms with van der Waals surface area (Å²) >= 11 is 13.5. The number of H-pyrrole nitrogens is 1. The van der Waals surface area contributed by atoms with Gasteiger partial charge in [0.1, 0.15) is 11.6 Å². The van der Waals surface area contributed by atoms with Crippen molar-refractivity contribution in [1.82, 2.24) is 15.3 Å². The predicted molar refractivity (Wildman–Crippen MR) is 117 cm³/mol. The van der Waals surface area contributed by atoms with Crippen molar-refractivity contribution in [3.63, 3.8) is 0 Å². The molecule has 1 aromatic carbocycles. The molecule has 6 nitrogen and oxygen atoms in total. The van der Waals surface area contributed by atoms with Gasteiger partial charge in [-0.1, -0.05) is 29.1 Å². The first-order valence-electron chi connectivity index (χ1n) is 8.28. The van der Waals surface area contributed by atoms with Crippen LogP contribution in [0, 0.1) is 19.3 Å². The molecule has 2 N–H and O–H groups in total. The van der Waals surface area contributed by atoms with E-state index in [9.17, 15) is 8.42 Å². The van der Waals surface area contributed by atoms with Crippen LogP contribution in [0.3, 0.4) is 0 Å². The fourth-order valence-corrected chi connectivity index (χ4v) is 4.69. The van der Waals surface area contributed by atoms with Crippen molar-refractivity contribution in [2.75, 3.05) is 24.6 Å². The number of hydrogen-bond acceptors (Lipinski definition) is 5. The molecular weight excluding hydrogens is 439 g/mol. The molecular formula is C18H20Cl2N4O2S2. The molecule has 0 unspecified atom stereocenters. The van der Waals surface area contributed by atoms with E-state index in [1.165, 1.54) is 18.2 Å². The number of imidazole rings is 1. The van der Waals surface area contributed by atoms with E-state index in [0.717, 1.165) is 22.9 Å². The molecule has 28 heavy (non-hydrogen) atoms. The second kappa shape index (κ2) is 10.8. The highest BCUT2D eigenvalue weighted by molar-refractivity contribution is 7.98. The van der Waals surface area contributed by atoms with Crippen molar-refractivity contribution in [1.29, 1.82) is 0 Å². The van der Waals surface area contributed by atoms with E-state index in [0.29, 0.717) is 17.4 Å². The number of thioether (sulfide) groups is 1. The Morgan fingerprint density at radius 1 is 1.39 bits per heavy atom. The Labute approximate surface area is 179 Å². The molecule has 0 amide bonds. The number of benzene rings is 1. The number of aromatic nitrogens is 2. The van der Waals surface area contributed by atoms with Crippen molar-refractivity contribution in [3.8, 4) is 12.3 Å². The first kappa shape index (κ1) is 22.6. The average Bonchev–Trinajstić information content (AvgIpc) is 3.06. The summed E-state index contributed by atoms with van der Waals surface area (Å²) in [6, 6.07) is 4.21. The van der Waals surface area contributed by atoms with Crippen LogP contribution >= 0.6 is 35.0 Å². The number of aromatic amines is 1. The molecule has 1 aromatic heterocycles. The summed E-state index contributed by atoms with van der Waals surface area (Å²) in [7, 11) is -3.64. The lowest BCUT2D eigenvalue weighted by molar-refractivity contribution is 0.599. The highest BCUT2D eigenvalue weighted by atomic mass is 35.5. The van der Waals surface area contributed by atoms with E-state index >= 15 is 0 Å². The number of rotatable bonds is 9. The number of nitrogens with zero attached hydrogens (tertiary/aromatic N) is 2. The van der Waals surface area contributed by atoms with Gasteiger partial charge in [-0.05, 0) is 25.1 Å². The van der Waals surface area contributed by atoms with E-state index < -0.39 is 9.84 Å². The number of nitrogens with one attached hydrogen (secondary N) is 2. The minimum absolute atomic E-state index is 0.0838. The van der Waals surface area contributed by atoms with Gasteiger partial charge in [-0.2, -0.15) is 11.8 Å². The molecule has 0 spiro atoms. The standard InChI is InChI=1S/C18H20Cl2N4O2S2/c1-3-6-21-18(22-7-8-27-10-17-13(2)23-12-24-17)11-28(25,26)14-4-5-15(19)16(20)9-14/h1,4-5,9,12H,6-8,10-11H2,2H3,(H,21,22)(H,23,24). The Balaban J connectivity index is 1.99. The zero-order valence-corrected chi connectivity index (χ0v) is 18.4. The normalized spacial score (nSPS) is 12.0. The third kappa shape index (κ3) is 6.74. The van der Waals surface area contributed by atoms with Gasteiger partial charge >= 0.3 is 0 Å². The molecule has 2 rings (SSSR count). The van der Waals surface area contributed by atoms with Crippen molar-refractivity contribution in [3.05, 3.63) is 46.0 Å². The maximum absolute atomic E-state index is 12.7. The Kier molecular flexibility index (Phi) is 8.70. The quantitative estimate of drug-likeness (QED) is 0.260. The molecule has 2 aromatic rings. The molecule has 0 aliphatic heterocycles. The van der Waals surface area contributed by atoms with Crippen molar-refractivity contribution in [2.45, 2.75) is 17.6 Å². The third-order valence-corrected chi connectivity index (χ3v) is 7.00. The summed E-state index contributed by atoms with van der Waals surface area (Å²) in [6.45, 7) is 2.62. The molecule has 0 fully saturated rings. The van der Waals surface area contributed by atoms with Crippen LogP contribution < -0.4 is 5.32 Å². The number of hydrogen-bond donors (Lipinski definition) is 2. The van der Waals surface area contributed by atoms with Crippen LogP contribution in [-0.2, 0) is 15.6 Å². The highest BCUT2D eigenvalue weighted by Crippen LogP contribution is 2.25. The van der Waals surface area contributed by atoms with Gasteiger partial charge < -0.3 is 10.3 Å². The molecule has 0 atom stereocenters. The van der Waals surface area contributed by atoms with Crippen molar-refractivity contribution < 1.29 is 8.42 Å². The monoisotopic (exact) mass is 458 g/mol. The lowest BCUT2D eigenvalue weighted by Gasteiger charge is -2.10. The Bertz CT molecular complexity index is 982.